The highest BCUT2D eigenvalue weighted by molar-refractivity contribution is 5.98. The molecule has 0 N–H and O–H groups in total. The summed E-state index contributed by atoms with van der Waals surface area (Å²) in [7, 11) is 0. The summed E-state index contributed by atoms with van der Waals surface area (Å²) in [6, 6.07) is 11.1. The second-order valence-corrected chi connectivity index (χ2v) is 5.89. The van der Waals surface area contributed by atoms with E-state index < -0.39 is 0 Å². The van der Waals surface area contributed by atoms with Gasteiger partial charge in [-0.15, -0.1) is 0 Å². The van der Waals surface area contributed by atoms with Crippen molar-refractivity contribution in [3.8, 4) is 0 Å². The molecule has 122 valence electrons. The van der Waals surface area contributed by atoms with Crippen LogP contribution in [-0.2, 0) is 11.3 Å². The average Bonchev–Trinajstić information content (AvgIpc) is 3.03. The molecule has 2 aromatic rings. The highest BCUT2D eigenvalue weighted by Crippen LogP contribution is 2.28. The fourth-order valence-electron chi connectivity index (χ4n) is 3.17. The molecular formula is C18H17N3O3. The van der Waals surface area contributed by atoms with Gasteiger partial charge >= 0.3 is 5.97 Å². The third-order valence-electron chi connectivity index (χ3n) is 4.47. The topological polar surface area (TPSA) is 62.7 Å². The quantitative estimate of drug-likeness (QED) is 0.788. The van der Waals surface area contributed by atoms with Crippen LogP contribution in [0, 0.1) is 0 Å². The first kappa shape index (κ1) is 14.7. The number of esters is 1. The number of hydrogen-bond donors (Lipinski definition) is 0. The fraction of sp³-hybridized carbons (Fsp3) is 0.278. The van der Waals surface area contributed by atoms with Crippen LogP contribution in [-0.4, -0.2) is 47.9 Å². The van der Waals surface area contributed by atoms with Crippen molar-refractivity contribution in [1.82, 2.24) is 9.88 Å². The van der Waals surface area contributed by atoms with Crippen LogP contribution in [0.15, 0.2) is 42.6 Å². The highest BCUT2D eigenvalue weighted by atomic mass is 16.5. The van der Waals surface area contributed by atoms with Gasteiger partial charge in [-0.1, -0.05) is 18.2 Å². The fourth-order valence-corrected chi connectivity index (χ4v) is 3.17. The minimum atomic E-state index is -0.309. The minimum Gasteiger partial charge on any atom is -0.457 e. The molecule has 0 radical (unpaired) electrons. The van der Waals surface area contributed by atoms with Crippen LogP contribution in [0.3, 0.4) is 0 Å². The molecule has 4 rings (SSSR count). The Morgan fingerprint density at radius 2 is 1.79 bits per heavy atom. The normalized spacial score (nSPS) is 16.8. The Bertz CT molecular complexity index is 783. The Hall–Kier alpha value is -2.89. The maximum atomic E-state index is 12.5. The zero-order chi connectivity index (χ0) is 16.5. The number of hydrogen-bond acceptors (Lipinski definition) is 5. The maximum Gasteiger partial charge on any atom is 0.342 e. The number of carbonyl (C=O) groups excluding carboxylic acids is 2. The molecule has 0 unspecified atom stereocenters. The summed E-state index contributed by atoms with van der Waals surface area (Å²) in [6.07, 6.45) is 1.71. The van der Waals surface area contributed by atoms with Crippen LogP contribution in [0.4, 0.5) is 5.82 Å². The van der Waals surface area contributed by atoms with Crippen LogP contribution in [0.25, 0.3) is 0 Å². The molecule has 2 aliphatic heterocycles. The van der Waals surface area contributed by atoms with E-state index in [1.165, 1.54) is 0 Å². The number of rotatable bonds is 2. The van der Waals surface area contributed by atoms with Crippen LogP contribution in [0.2, 0.25) is 0 Å². The number of ether oxygens (including phenoxy) is 1. The number of fused-ring (bicyclic) bond motifs is 1. The molecule has 1 amide bonds. The third kappa shape index (κ3) is 2.50. The number of anilines is 1. The molecule has 0 saturated carbocycles. The van der Waals surface area contributed by atoms with E-state index in [1.807, 2.05) is 41.3 Å². The summed E-state index contributed by atoms with van der Waals surface area (Å²) in [5.74, 6) is 0.401. The van der Waals surface area contributed by atoms with Gasteiger partial charge in [0, 0.05) is 43.5 Å². The lowest BCUT2D eigenvalue weighted by atomic mass is 10.1. The predicted molar refractivity (Wildman–Crippen MR) is 87.9 cm³/mol. The first-order chi connectivity index (χ1) is 11.7. The van der Waals surface area contributed by atoms with Crippen molar-refractivity contribution < 1.29 is 14.3 Å². The van der Waals surface area contributed by atoms with Gasteiger partial charge in [0.2, 0.25) is 0 Å². The number of nitrogens with zero attached hydrogens (tertiary/aromatic N) is 3. The van der Waals surface area contributed by atoms with Crippen molar-refractivity contribution in [3.05, 3.63) is 59.3 Å². The Kier molecular flexibility index (Phi) is 3.65. The average molecular weight is 323 g/mol. The zero-order valence-corrected chi connectivity index (χ0v) is 13.1. The predicted octanol–water partition coefficient (Wildman–Crippen LogP) is 1.71. The number of pyridine rings is 1. The lowest BCUT2D eigenvalue weighted by Crippen LogP contribution is -2.49. The molecular weight excluding hydrogens is 306 g/mol. The molecule has 24 heavy (non-hydrogen) atoms. The summed E-state index contributed by atoms with van der Waals surface area (Å²) in [5.41, 5.74) is 2.15. The number of aromatic nitrogens is 1. The van der Waals surface area contributed by atoms with E-state index in [2.05, 4.69) is 9.88 Å². The van der Waals surface area contributed by atoms with Gasteiger partial charge in [0.25, 0.3) is 5.91 Å². The third-order valence-corrected chi connectivity index (χ3v) is 4.47. The lowest BCUT2D eigenvalue weighted by Gasteiger charge is -2.35. The van der Waals surface area contributed by atoms with E-state index in [-0.39, 0.29) is 11.9 Å². The van der Waals surface area contributed by atoms with Gasteiger partial charge < -0.3 is 14.5 Å². The van der Waals surface area contributed by atoms with Gasteiger partial charge in [0.05, 0.1) is 0 Å². The van der Waals surface area contributed by atoms with Gasteiger partial charge in [-0.3, -0.25) is 4.79 Å². The number of piperazine rings is 1. The molecule has 0 atom stereocenters. The van der Waals surface area contributed by atoms with Crippen LogP contribution in [0.5, 0.6) is 0 Å². The van der Waals surface area contributed by atoms with Crippen molar-refractivity contribution in [2.75, 3.05) is 31.1 Å². The van der Waals surface area contributed by atoms with Crippen molar-refractivity contribution in [3.63, 3.8) is 0 Å². The lowest BCUT2D eigenvalue weighted by molar-refractivity contribution is 0.0534. The van der Waals surface area contributed by atoms with Crippen molar-refractivity contribution >= 4 is 17.7 Å². The molecule has 6 heteroatoms. The van der Waals surface area contributed by atoms with Gasteiger partial charge in [0.15, 0.2) is 0 Å². The number of carbonyl (C=O) groups is 2. The first-order valence-electron chi connectivity index (χ1n) is 7.98. The summed E-state index contributed by atoms with van der Waals surface area (Å²) in [6.45, 7) is 2.82. The van der Waals surface area contributed by atoms with Crippen LogP contribution < -0.4 is 4.90 Å². The number of amides is 1. The van der Waals surface area contributed by atoms with E-state index in [0.717, 1.165) is 5.56 Å². The van der Waals surface area contributed by atoms with Crippen LogP contribution >= 0.6 is 0 Å². The van der Waals surface area contributed by atoms with Crippen molar-refractivity contribution in [2.45, 2.75) is 6.61 Å². The van der Waals surface area contributed by atoms with Crippen molar-refractivity contribution in [1.29, 1.82) is 0 Å². The summed E-state index contributed by atoms with van der Waals surface area (Å²) >= 11 is 0. The SMILES string of the molecule is O=C1OCc2ccnc(N3CCN(C(=O)c4ccccc4)CC3)c21. The molecule has 1 saturated heterocycles. The smallest absolute Gasteiger partial charge is 0.342 e. The monoisotopic (exact) mass is 323 g/mol. The molecule has 0 aliphatic carbocycles. The summed E-state index contributed by atoms with van der Waals surface area (Å²) in [4.78, 5) is 32.7. The number of cyclic esters (lactones) is 1. The van der Waals surface area contributed by atoms with Gasteiger partial charge in [-0.25, -0.2) is 9.78 Å². The van der Waals surface area contributed by atoms with E-state index in [1.54, 1.807) is 6.20 Å². The van der Waals surface area contributed by atoms with E-state index in [0.29, 0.717) is 49.7 Å². The van der Waals surface area contributed by atoms with Gasteiger partial charge in [0.1, 0.15) is 18.0 Å². The molecule has 1 aromatic carbocycles. The maximum absolute atomic E-state index is 12.5. The van der Waals surface area contributed by atoms with E-state index in [4.69, 9.17) is 4.74 Å². The van der Waals surface area contributed by atoms with E-state index in [9.17, 15) is 9.59 Å². The van der Waals surface area contributed by atoms with E-state index >= 15 is 0 Å². The zero-order valence-electron chi connectivity index (χ0n) is 13.1. The molecule has 0 spiro atoms. The standard InChI is InChI=1S/C18H17N3O3/c22-17(13-4-2-1-3-5-13)21-10-8-20(9-11-21)16-15-14(6-7-19-16)12-24-18(15)23/h1-7H,8-12H2. The summed E-state index contributed by atoms with van der Waals surface area (Å²) in [5, 5.41) is 0. The van der Waals surface area contributed by atoms with Crippen LogP contribution in [0.1, 0.15) is 26.3 Å². The Morgan fingerprint density at radius 1 is 1.04 bits per heavy atom. The molecule has 3 heterocycles. The Morgan fingerprint density at radius 3 is 2.54 bits per heavy atom. The Labute approximate surface area is 139 Å². The molecule has 2 aliphatic rings. The Balaban J connectivity index is 1.49. The molecule has 1 fully saturated rings. The minimum absolute atomic E-state index is 0.0425. The first-order valence-corrected chi connectivity index (χ1v) is 7.98. The summed E-state index contributed by atoms with van der Waals surface area (Å²) < 4.78 is 5.10. The van der Waals surface area contributed by atoms with Gasteiger partial charge in [-0.2, -0.15) is 0 Å². The van der Waals surface area contributed by atoms with Crippen molar-refractivity contribution in [2.24, 2.45) is 0 Å². The highest BCUT2D eigenvalue weighted by Gasteiger charge is 2.30. The second kappa shape index (κ2) is 5.96. The number of benzene rings is 1. The largest absolute Gasteiger partial charge is 0.457 e. The second-order valence-electron chi connectivity index (χ2n) is 5.89. The molecule has 1 aromatic heterocycles. The molecule has 0 bridgehead atoms. The van der Waals surface area contributed by atoms with Gasteiger partial charge in [-0.05, 0) is 18.2 Å². The molecule has 6 nitrogen and oxygen atoms in total.